The Labute approximate surface area is 135 Å². The molecule has 2 atom stereocenters. The minimum atomic E-state index is -0.991. The van der Waals surface area contributed by atoms with Crippen molar-refractivity contribution in [2.45, 2.75) is 32.2 Å². The van der Waals surface area contributed by atoms with E-state index in [0.29, 0.717) is 12.8 Å². The van der Waals surface area contributed by atoms with Crippen LogP contribution in [0.2, 0.25) is 0 Å². The molecule has 0 bridgehead atoms. The minimum absolute atomic E-state index is 0.172. The van der Waals surface area contributed by atoms with E-state index in [0.717, 1.165) is 5.56 Å². The van der Waals surface area contributed by atoms with Gasteiger partial charge in [0.1, 0.15) is 12.2 Å². The Balaban J connectivity index is 2.10. The van der Waals surface area contributed by atoms with Crippen LogP contribution in [-0.2, 0) is 14.3 Å². The van der Waals surface area contributed by atoms with Gasteiger partial charge in [-0.05, 0) is 25.3 Å². The summed E-state index contributed by atoms with van der Waals surface area (Å²) < 4.78 is 4.81. The van der Waals surface area contributed by atoms with E-state index in [1.165, 1.54) is 4.90 Å². The first-order valence-electron chi connectivity index (χ1n) is 7.75. The van der Waals surface area contributed by atoms with Crippen molar-refractivity contribution in [2.24, 2.45) is 5.92 Å². The molecule has 2 rings (SSSR count). The maximum Gasteiger partial charge on any atom is 0.407 e. The fraction of sp³-hybridized carbons (Fsp3) is 0.471. The molecule has 0 saturated carbocycles. The molecule has 0 aliphatic carbocycles. The van der Waals surface area contributed by atoms with Crippen molar-refractivity contribution >= 4 is 17.8 Å². The normalized spacial score (nSPS) is 20.8. The molecule has 1 amide bonds. The number of likely N-dealkylation sites (tertiary alicyclic amines) is 1. The Morgan fingerprint density at radius 3 is 2.57 bits per heavy atom. The highest BCUT2D eigenvalue weighted by Crippen LogP contribution is 2.35. The van der Waals surface area contributed by atoms with E-state index >= 15 is 0 Å². The first-order chi connectivity index (χ1) is 11.0. The van der Waals surface area contributed by atoms with Crippen molar-refractivity contribution in [3.63, 3.8) is 0 Å². The van der Waals surface area contributed by atoms with Gasteiger partial charge in [-0.15, -0.1) is 0 Å². The van der Waals surface area contributed by atoms with Crippen LogP contribution in [-0.4, -0.2) is 41.0 Å². The lowest BCUT2D eigenvalue weighted by Crippen LogP contribution is -2.42. The summed E-state index contributed by atoms with van der Waals surface area (Å²) in [5.41, 5.74) is 0.864. The van der Waals surface area contributed by atoms with Gasteiger partial charge in [-0.3, -0.25) is 9.59 Å². The predicted octanol–water partition coefficient (Wildman–Crippen LogP) is 2.64. The zero-order valence-corrected chi connectivity index (χ0v) is 13.1. The molecule has 1 aliphatic rings. The highest BCUT2D eigenvalue weighted by Gasteiger charge is 2.35. The molecule has 0 spiro atoms. The minimum Gasteiger partial charge on any atom is -0.466 e. The van der Waals surface area contributed by atoms with Gasteiger partial charge in [0.15, 0.2) is 0 Å². The molecule has 1 aliphatic heterocycles. The maximum absolute atomic E-state index is 12.3. The number of hydrogen-bond donors (Lipinski definition) is 1. The van der Waals surface area contributed by atoms with Crippen molar-refractivity contribution in [1.29, 1.82) is 0 Å². The fourth-order valence-corrected chi connectivity index (χ4v) is 2.98. The molecule has 1 aromatic carbocycles. The summed E-state index contributed by atoms with van der Waals surface area (Å²) in [7, 11) is 0. The van der Waals surface area contributed by atoms with Crippen LogP contribution in [0.4, 0.5) is 4.79 Å². The number of carbonyl (C=O) groups is 3. The highest BCUT2D eigenvalue weighted by atomic mass is 16.5. The van der Waals surface area contributed by atoms with Crippen LogP contribution in [0.3, 0.4) is 0 Å². The molecule has 2 unspecified atom stereocenters. The molecule has 124 valence electrons. The molecular weight excluding hydrogens is 298 g/mol. The number of rotatable bonds is 5. The van der Waals surface area contributed by atoms with Gasteiger partial charge in [0.25, 0.3) is 0 Å². The van der Waals surface area contributed by atoms with Gasteiger partial charge >= 0.3 is 12.1 Å². The van der Waals surface area contributed by atoms with E-state index in [4.69, 9.17) is 4.74 Å². The van der Waals surface area contributed by atoms with E-state index in [2.05, 4.69) is 0 Å². The Hall–Kier alpha value is -2.37. The van der Waals surface area contributed by atoms with Gasteiger partial charge in [0.05, 0.1) is 12.6 Å². The Kier molecular flexibility index (Phi) is 5.73. The monoisotopic (exact) mass is 319 g/mol. The van der Waals surface area contributed by atoms with Gasteiger partial charge < -0.3 is 14.7 Å². The summed E-state index contributed by atoms with van der Waals surface area (Å²) in [4.78, 5) is 36.6. The standard InChI is InChI=1S/C17H21NO5/c1-2-23-16(20)11-15(19)13-8-9-18(17(21)22)14(10-13)12-6-4-3-5-7-12/h3-7,13-14H,2,8-11H2,1H3,(H,21,22). The van der Waals surface area contributed by atoms with Crippen molar-refractivity contribution in [2.75, 3.05) is 13.2 Å². The fourth-order valence-electron chi connectivity index (χ4n) is 2.98. The van der Waals surface area contributed by atoms with Crippen molar-refractivity contribution in [3.8, 4) is 0 Å². The summed E-state index contributed by atoms with van der Waals surface area (Å²) in [6.45, 7) is 2.23. The third kappa shape index (κ3) is 4.31. The Morgan fingerprint density at radius 2 is 1.96 bits per heavy atom. The predicted molar refractivity (Wildman–Crippen MR) is 82.9 cm³/mol. The number of nitrogens with zero attached hydrogens (tertiary/aromatic N) is 1. The topological polar surface area (TPSA) is 83.9 Å². The van der Waals surface area contributed by atoms with E-state index in [1.54, 1.807) is 6.92 Å². The number of piperidine rings is 1. The molecule has 6 nitrogen and oxygen atoms in total. The van der Waals surface area contributed by atoms with Crippen LogP contribution < -0.4 is 0 Å². The molecule has 6 heteroatoms. The summed E-state index contributed by atoms with van der Waals surface area (Å²) >= 11 is 0. The number of Topliss-reactive ketones (excluding diaryl/α,β-unsaturated/α-hetero) is 1. The molecule has 1 fully saturated rings. The number of hydrogen-bond acceptors (Lipinski definition) is 4. The third-order valence-corrected chi connectivity index (χ3v) is 4.11. The molecule has 1 saturated heterocycles. The number of ether oxygens (including phenoxy) is 1. The summed E-state index contributed by atoms with van der Waals surface area (Å²) in [6.07, 6.45) is -0.398. The van der Waals surface area contributed by atoms with Crippen molar-refractivity contribution in [1.82, 2.24) is 4.90 Å². The van der Waals surface area contributed by atoms with Crippen molar-refractivity contribution < 1.29 is 24.2 Å². The third-order valence-electron chi connectivity index (χ3n) is 4.11. The molecule has 1 heterocycles. The lowest BCUT2D eigenvalue weighted by molar-refractivity contribution is -0.146. The van der Waals surface area contributed by atoms with Crippen LogP contribution in [0.25, 0.3) is 0 Å². The van der Waals surface area contributed by atoms with E-state index < -0.39 is 12.1 Å². The van der Waals surface area contributed by atoms with Crippen LogP contribution in [0.1, 0.15) is 37.8 Å². The number of carboxylic acid groups (broad SMARTS) is 1. The lowest BCUT2D eigenvalue weighted by Gasteiger charge is -2.37. The van der Waals surface area contributed by atoms with Gasteiger partial charge in [0.2, 0.25) is 0 Å². The summed E-state index contributed by atoms with van der Waals surface area (Å²) in [5.74, 6) is -1.01. The van der Waals surface area contributed by atoms with Crippen molar-refractivity contribution in [3.05, 3.63) is 35.9 Å². The Morgan fingerprint density at radius 1 is 1.26 bits per heavy atom. The van der Waals surface area contributed by atoms with Gasteiger partial charge in [0, 0.05) is 12.5 Å². The number of ketones is 1. The van der Waals surface area contributed by atoms with E-state index in [1.807, 2.05) is 30.3 Å². The average molecular weight is 319 g/mol. The highest BCUT2D eigenvalue weighted by molar-refractivity contribution is 5.96. The maximum atomic E-state index is 12.3. The summed E-state index contributed by atoms with van der Waals surface area (Å²) in [5, 5.41) is 9.38. The van der Waals surface area contributed by atoms with Crippen LogP contribution in [0.5, 0.6) is 0 Å². The molecular formula is C17H21NO5. The number of amides is 1. The zero-order chi connectivity index (χ0) is 16.8. The second-order valence-electron chi connectivity index (χ2n) is 5.57. The van der Waals surface area contributed by atoms with Crippen LogP contribution >= 0.6 is 0 Å². The van der Waals surface area contributed by atoms with Crippen LogP contribution in [0.15, 0.2) is 30.3 Å². The number of carbonyl (C=O) groups excluding carboxylic acids is 2. The molecule has 1 aromatic rings. The number of benzene rings is 1. The SMILES string of the molecule is CCOC(=O)CC(=O)C1CCN(C(=O)O)C(c2ccccc2)C1. The van der Waals surface area contributed by atoms with Gasteiger partial charge in [-0.2, -0.15) is 0 Å². The lowest BCUT2D eigenvalue weighted by atomic mass is 9.84. The summed E-state index contributed by atoms with van der Waals surface area (Å²) in [6, 6.07) is 8.91. The van der Waals surface area contributed by atoms with E-state index in [9.17, 15) is 19.5 Å². The van der Waals surface area contributed by atoms with Crippen LogP contribution in [0, 0.1) is 5.92 Å². The molecule has 23 heavy (non-hydrogen) atoms. The Bertz CT molecular complexity index is 572. The van der Waals surface area contributed by atoms with Gasteiger partial charge in [-0.1, -0.05) is 30.3 Å². The first kappa shape index (κ1) is 17.0. The number of esters is 1. The second kappa shape index (κ2) is 7.76. The second-order valence-corrected chi connectivity index (χ2v) is 5.57. The molecule has 1 N–H and O–H groups in total. The molecule has 0 aromatic heterocycles. The van der Waals surface area contributed by atoms with Gasteiger partial charge in [-0.25, -0.2) is 4.79 Å². The largest absolute Gasteiger partial charge is 0.466 e. The quantitative estimate of drug-likeness (QED) is 0.666. The smallest absolute Gasteiger partial charge is 0.407 e. The molecule has 0 radical (unpaired) electrons. The first-order valence-corrected chi connectivity index (χ1v) is 7.75. The van der Waals surface area contributed by atoms with E-state index in [-0.39, 0.29) is 37.3 Å². The zero-order valence-electron chi connectivity index (χ0n) is 13.1. The average Bonchev–Trinajstić information content (AvgIpc) is 2.55.